The van der Waals surface area contributed by atoms with E-state index in [9.17, 15) is 35.4 Å². The van der Waals surface area contributed by atoms with Gasteiger partial charge in [-0.3, -0.25) is 0 Å². The van der Waals surface area contributed by atoms with Gasteiger partial charge in [-0.25, -0.2) is 4.79 Å². The van der Waals surface area contributed by atoms with Gasteiger partial charge in [-0.15, -0.1) is 0 Å². The van der Waals surface area contributed by atoms with Crippen LogP contribution in [0.2, 0.25) is 0 Å². The van der Waals surface area contributed by atoms with E-state index in [1.165, 1.54) is 0 Å². The van der Waals surface area contributed by atoms with Gasteiger partial charge >= 0.3 is 5.97 Å². The minimum absolute atomic E-state index is 0.724. The van der Waals surface area contributed by atoms with Gasteiger partial charge in [0.05, 0.1) is 6.61 Å². The Morgan fingerprint density at radius 3 is 2.04 bits per heavy atom. The van der Waals surface area contributed by atoms with Crippen LogP contribution < -0.4 is 0 Å². The highest BCUT2D eigenvalue weighted by molar-refractivity contribution is 5.73. The first-order valence-electron chi connectivity index (χ1n) is 7.07. The number of carboxylic acids is 1. The maximum Gasteiger partial charge on any atom is 0.335 e. The highest BCUT2D eigenvalue weighted by Gasteiger charge is 2.51. The summed E-state index contributed by atoms with van der Waals surface area (Å²) in [6.45, 7) is -0.724. The zero-order valence-corrected chi connectivity index (χ0v) is 12.2. The van der Waals surface area contributed by atoms with Crippen molar-refractivity contribution in [2.75, 3.05) is 6.61 Å². The lowest BCUT2D eigenvalue weighted by atomic mass is 9.97. The van der Waals surface area contributed by atoms with Crippen molar-refractivity contribution >= 4 is 5.97 Å². The molecule has 2 rings (SSSR count). The Morgan fingerprint density at radius 2 is 1.50 bits per heavy atom. The zero-order chi connectivity index (χ0) is 18.2. The lowest BCUT2D eigenvalue weighted by Gasteiger charge is -2.44. The summed E-state index contributed by atoms with van der Waals surface area (Å²) >= 11 is 0. The fourth-order valence-corrected chi connectivity index (χ4v) is 2.55. The number of aliphatic carboxylic acids is 1. The summed E-state index contributed by atoms with van der Waals surface area (Å²) in [4.78, 5) is 11.0. The van der Waals surface area contributed by atoms with Crippen LogP contribution in [-0.4, -0.2) is 115 Å². The largest absolute Gasteiger partial charge is 0.479 e. The van der Waals surface area contributed by atoms with Crippen molar-refractivity contribution < 1.29 is 59.9 Å². The van der Waals surface area contributed by atoms with Crippen molar-refractivity contribution in [2.24, 2.45) is 0 Å². The monoisotopic (exact) mass is 356 g/mol. The number of rotatable bonds is 4. The molecule has 2 aliphatic heterocycles. The second-order valence-corrected chi connectivity index (χ2v) is 5.56. The summed E-state index contributed by atoms with van der Waals surface area (Å²) in [6, 6.07) is 0. The quantitative estimate of drug-likeness (QED) is 0.238. The topological polar surface area (TPSA) is 207 Å². The molecule has 0 aliphatic carbocycles. The first kappa shape index (κ1) is 19.4. The van der Waals surface area contributed by atoms with E-state index in [4.69, 9.17) is 24.4 Å². The van der Waals surface area contributed by atoms with E-state index in [-0.39, 0.29) is 0 Å². The number of hydrogen-bond acceptors (Lipinski definition) is 11. The Bertz CT molecular complexity index is 446. The van der Waals surface area contributed by atoms with E-state index in [0.29, 0.717) is 0 Å². The van der Waals surface area contributed by atoms with Crippen molar-refractivity contribution in [1.82, 2.24) is 0 Å². The van der Waals surface area contributed by atoms with Gasteiger partial charge in [-0.2, -0.15) is 0 Å². The molecule has 0 saturated carbocycles. The maximum absolute atomic E-state index is 11.0. The second-order valence-electron chi connectivity index (χ2n) is 5.56. The van der Waals surface area contributed by atoms with Crippen LogP contribution in [-0.2, 0) is 19.0 Å². The van der Waals surface area contributed by atoms with Crippen molar-refractivity contribution in [3.8, 4) is 0 Å². The fourth-order valence-electron chi connectivity index (χ4n) is 2.55. The van der Waals surface area contributed by atoms with Crippen LogP contribution >= 0.6 is 0 Å². The molecule has 24 heavy (non-hydrogen) atoms. The molecule has 2 saturated heterocycles. The van der Waals surface area contributed by atoms with Crippen molar-refractivity contribution in [3.63, 3.8) is 0 Å². The minimum atomic E-state index is -1.93. The van der Waals surface area contributed by atoms with Gasteiger partial charge < -0.3 is 55.1 Å². The Hall–Kier alpha value is -0.930. The average molecular weight is 356 g/mol. The molecule has 2 heterocycles. The predicted molar refractivity (Wildman–Crippen MR) is 69.2 cm³/mol. The second kappa shape index (κ2) is 7.53. The molecule has 0 aromatic rings. The fraction of sp³-hybridized carbons (Fsp3) is 0.917. The molecule has 0 bridgehead atoms. The smallest absolute Gasteiger partial charge is 0.335 e. The maximum atomic E-state index is 11.0. The van der Waals surface area contributed by atoms with Gasteiger partial charge in [-0.05, 0) is 0 Å². The molecule has 0 spiro atoms. The molecule has 0 aromatic carbocycles. The van der Waals surface area contributed by atoms with Gasteiger partial charge in [-0.1, -0.05) is 0 Å². The van der Waals surface area contributed by atoms with Gasteiger partial charge in [0, 0.05) is 0 Å². The van der Waals surface area contributed by atoms with E-state index in [1.807, 2.05) is 0 Å². The summed E-state index contributed by atoms with van der Waals surface area (Å²) in [5, 5.41) is 76.4. The Labute approximate surface area is 135 Å². The molecular weight excluding hydrogens is 336 g/mol. The number of aliphatic hydroxyl groups excluding tert-OH is 7. The van der Waals surface area contributed by atoms with Gasteiger partial charge in [0.15, 0.2) is 18.7 Å². The first-order valence-corrected chi connectivity index (χ1v) is 7.07. The van der Waals surface area contributed by atoms with Crippen LogP contribution in [0.5, 0.6) is 0 Å². The van der Waals surface area contributed by atoms with E-state index < -0.39 is 74.0 Å². The summed E-state index contributed by atoms with van der Waals surface area (Å²) in [5.74, 6) is -1.64. The predicted octanol–water partition coefficient (Wildman–Crippen LogP) is -5.30. The number of hydrogen-bond donors (Lipinski definition) is 8. The SMILES string of the molecule is O=C(O)[C@H]1O[C@H](O[C@H]2[C@H](O)[C@@H](CO)OC(O)[C@H]2O)[C@H](O)[C@@H](O)[C@@H]1O. The standard InChI is InChI=1S/C12H20O12/c13-1-2-3(14)8(7(18)11(21)22-2)23-12-6(17)4(15)5(16)9(24-12)10(19)20/h2-9,11-18,21H,1H2,(H,19,20)/t2-,3-,4+,5+,6-,7+,8+,9+,11?,12+/m1/s1. The van der Waals surface area contributed by atoms with Gasteiger partial charge in [0.25, 0.3) is 0 Å². The molecule has 12 nitrogen and oxygen atoms in total. The van der Waals surface area contributed by atoms with Crippen LogP contribution in [0.25, 0.3) is 0 Å². The summed E-state index contributed by atoms with van der Waals surface area (Å²) in [7, 11) is 0. The summed E-state index contributed by atoms with van der Waals surface area (Å²) < 4.78 is 14.7. The molecule has 0 amide bonds. The minimum Gasteiger partial charge on any atom is -0.479 e. The molecule has 0 aromatic heterocycles. The third kappa shape index (κ3) is 3.52. The zero-order valence-electron chi connectivity index (χ0n) is 12.2. The normalized spacial score (nSPS) is 49.8. The van der Waals surface area contributed by atoms with Gasteiger partial charge in [0.1, 0.15) is 42.7 Å². The summed E-state index contributed by atoms with van der Waals surface area (Å²) in [5.41, 5.74) is 0. The highest BCUT2D eigenvalue weighted by atomic mass is 16.7. The number of aliphatic hydroxyl groups is 7. The van der Waals surface area contributed by atoms with Crippen LogP contribution in [0.15, 0.2) is 0 Å². The Morgan fingerprint density at radius 1 is 0.875 bits per heavy atom. The molecule has 8 N–H and O–H groups in total. The van der Waals surface area contributed by atoms with Gasteiger partial charge in [0.2, 0.25) is 0 Å². The van der Waals surface area contributed by atoms with Crippen LogP contribution in [0.3, 0.4) is 0 Å². The molecular formula is C12H20O12. The third-order valence-electron chi connectivity index (χ3n) is 3.94. The molecule has 12 heteroatoms. The highest BCUT2D eigenvalue weighted by Crippen LogP contribution is 2.28. The lowest BCUT2D eigenvalue weighted by Crippen LogP contribution is -2.65. The first-order chi connectivity index (χ1) is 11.2. The number of carbonyl (C=O) groups is 1. The van der Waals surface area contributed by atoms with Crippen molar-refractivity contribution in [3.05, 3.63) is 0 Å². The molecule has 2 aliphatic rings. The molecule has 140 valence electrons. The molecule has 1 unspecified atom stereocenters. The Balaban J connectivity index is 2.16. The molecule has 2 fully saturated rings. The van der Waals surface area contributed by atoms with E-state index in [2.05, 4.69) is 0 Å². The van der Waals surface area contributed by atoms with Crippen molar-refractivity contribution in [1.29, 1.82) is 0 Å². The van der Waals surface area contributed by atoms with Crippen LogP contribution in [0, 0.1) is 0 Å². The summed E-state index contributed by atoms with van der Waals surface area (Å²) in [6.07, 6.45) is -17.8. The van der Waals surface area contributed by atoms with E-state index >= 15 is 0 Å². The number of carboxylic acid groups (broad SMARTS) is 1. The van der Waals surface area contributed by atoms with E-state index in [0.717, 1.165) is 0 Å². The molecule has 0 radical (unpaired) electrons. The Kier molecular flexibility index (Phi) is 6.09. The van der Waals surface area contributed by atoms with Crippen LogP contribution in [0.1, 0.15) is 0 Å². The van der Waals surface area contributed by atoms with E-state index in [1.54, 1.807) is 0 Å². The number of ether oxygens (including phenoxy) is 3. The third-order valence-corrected chi connectivity index (χ3v) is 3.94. The van der Waals surface area contributed by atoms with Crippen LogP contribution in [0.4, 0.5) is 0 Å². The molecule has 10 atom stereocenters. The van der Waals surface area contributed by atoms with Crippen molar-refractivity contribution in [2.45, 2.75) is 61.4 Å². The average Bonchev–Trinajstić information content (AvgIpc) is 2.54. The lowest BCUT2D eigenvalue weighted by molar-refractivity contribution is -0.351.